The number of carbonyl (C=O) groups is 1. The van der Waals surface area contributed by atoms with Crippen molar-refractivity contribution in [3.63, 3.8) is 0 Å². The lowest BCUT2D eigenvalue weighted by Crippen LogP contribution is -2.38. The topological polar surface area (TPSA) is 46.1 Å². The molecule has 1 aliphatic heterocycles. The van der Waals surface area contributed by atoms with Crippen molar-refractivity contribution >= 4 is 17.7 Å². The highest BCUT2D eigenvalue weighted by Gasteiger charge is 2.21. The Kier molecular flexibility index (Phi) is 3.43. The molecule has 0 aliphatic carbocycles. The standard InChI is InChI=1S/C11H15N3OS/c1-8-9(2)12-7-13-10(8)11(15)14-3-5-16-6-4-14/h7H,3-6H2,1-2H3. The lowest BCUT2D eigenvalue weighted by atomic mass is 10.1. The van der Waals surface area contributed by atoms with Crippen molar-refractivity contribution in [3.05, 3.63) is 23.3 Å². The van der Waals surface area contributed by atoms with E-state index in [-0.39, 0.29) is 5.91 Å². The van der Waals surface area contributed by atoms with Crippen molar-refractivity contribution in [2.75, 3.05) is 24.6 Å². The Bertz CT molecular complexity index is 402. The van der Waals surface area contributed by atoms with Crippen LogP contribution in [0.1, 0.15) is 21.7 Å². The highest BCUT2D eigenvalue weighted by molar-refractivity contribution is 7.99. The molecular weight excluding hydrogens is 222 g/mol. The maximum atomic E-state index is 12.2. The zero-order valence-corrected chi connectivity index (χ0v) is 10.4. The Labute approximate surface area is 99.5 Å². The van der Waals surface area contributed by atoms with E-state index >= 15 is 0 Å². The van der Waals surface area contributed by atoms with E-state index in [1.807, 2.05) is 30.5 Å². The molecular formula is C11H15N3OS. The van der Waals surface area contributed by atoms with Gasteiger partial charge in [-0.25, -0.2) is 9.97 Å². The van der Waals surface area contributed by atoms with Gasteiger partial charge in [0.05, 0.1) is 0 Å². The van der Waals surface area contributed by atoms with Crippen LogP contribution in [0, 0.1) is 13.8 Å². The number of rotatable bonds is 1. The Morgan fingerprint density at radius 2 is 2.00 bits per heavy atom. The van der Waals surface area contributed by atoms with Gasteiger partial charge in [-0.05, 0) is 13.8 Å². The molecule has 0 bridgehead atoms. The second-order valence-corrected chi connectivity index (χ2v) is 5.06. The second kappa shape index (κ2) is 4.82. The number of aryl methyl sites for hydroxylation is 1. The first-order chi connectivity index (χ1) is 7.70. The number of amides is 1. The van der Waals surface area contributed by atoms with E-state index in [0.717, 1.165) is 35.9 Å². The first-order valence-corrected chi connectivity index (χ1v) is 6.51. The molecule has 2 rings (SSSR count). The molecule has 1 aromatic rings. The predicted octanol–water partition coefficient (Wildman–Crippen LogP) is 1.28. The largest absolute Gasteiger partial charge is 0.336 e. The average molecular weight is 237 g/mol. The monoisotopic (exact) mass is 237 g/mol. The molecule has 1 aromatic heterocycles. The molecule has 5 heteroatoms. The summed E-state index contributed by atoms with van der Waals surface area (Å²) in [6.07, 6.45) is 1.47. The smallest absolute Gasteiger partial charge is 0.272 e. The third-order valence-corrected chi connectivity index (χ3v) is 3.78. The molecule has 0 aromatic carbocycles. The molecule has 86 valence electrons. The lowest BCUT2D eigenvalue weighted by molar-refractivity contribution is 0.0765. The van der Waals surface area contributed by atoms with Crippen LogP contribution in [-0.2, 0) is 0 Å². The summed E-state index contributed by atoms with van der Waals surface area (Å²) in [5.41, 5.74) is 2.33. The average Bonchev–Trinajstić information content (AvgIpc) is 2.33. The maximum Gasteiger partial charge on any atom is 0.272 e. The van der Waals surface area contributed by atoms with Crippen molar-refractivity contribution in [1.82, 2.24) is 14.9 Å². The van der Waals surface area contributed by atoms with Crippen molar-refractivity contribution in [2.45, 2.75) is 13.8 Å². The molecule has 1 fully saturated rings. The van der Waals surface area contributed by atoms with Crippen molar-refractivity contribution in [1.29, 1.82) is 0 Å². The first-order valence-electron chi connectivity index (χ1n) is 5.35. The number of thioether (sulfide) groups is 1. The summed E-state index contributed by atoms with van der Waals surface area (Å²) in [7, 11) is 0. The molecule has 0 radical (unpaired) electrons. The summed E-state index contributed by atoms with van der Waals surface area (Å²) in [6, 6.07) is 0. The van der Waals surface area contributed by atoms with Gasteiger partial charge in [0.1, 0.15) is 12.0 Å². The van der Waals surface area contributed by atoms with Gasteiger partial charge in [0.25, 0.3) is 5.91 Å². The zero-order valence-electron chi connectivity index (χ0n) is 9.56. The van der Waals surface area contributed by atoms with Crippen LogP contribution in [-0.4, -0.2) is 45.4 Å². The van der Waals surface area contributed by atoms with Gasteiger partial charge in [0, 0.05) is 35.9 Å². The molecule has 1 amide bonds. The van der Waals surface area contributed by atoms with Crippen LogP contribution in [0.4, 0.5) is 0 Å². The summed E-state index contributed by atoms with van der Waals surface area (Å²) in [6.45, 7) is 5.46. The van der Waals surface area contributed by atoms with E-state index in [1.54, 1.807) is 0 Å². The van der Waals surface area contributed by atoms with Crippen LogP contribution in [0.5, 0.6) is 0 Å². The van der Waals surface area contributed by atoms with Crippen LogP contribution in [0.15, 0.2) is 6.33 Å². The van der Waals surface area contributed by atoms with Gasteiger partial charge in [-0.1, -0.05) is 0 Å². The van der Waals surface area contributed by atoms with Crippen molar-refractivity contribution in [3.8, 4) is 0 Å². The second-order valence-electron chi connectivity index (χ2n) is 3.84. The minimum absolute atomic E-state index is 0.0447. The third kappa shape index (κ3) is 2.19. The lowest BCUT2D eigenvalue weighted by Gasteiger charge is -2.26. The van der Waals surface area contributed by atoms with Crippen molar-refractivity contribution in [2.24, 2.45) is 0 Å². The summed E-state index contributed by atoms with van der Waals surface area (Å²) in [5.74, 6) is 2.09. The van der Waals surface area contributed by atoms with E-state index in [9.17, 15) is 4.79 Å². The molecule has 1 saturated heterocycles. The van der Waals surface area contributed by atoms with Gasteiger partial charge in [-0.15, -0.1) is 0 Å². The van der Waals surface area contributed by atoms with E-state index in [0.29, 0.717) is 5.69 Å². The quantitative estimate of drug-likeness (QED) is 0.738. The molecule has 4 nitrogen and oxygen atoms in total. The third-order valence-electron chi connectivity index (χ3n) is 2.84. The Hall–Kier alpha value is -1.10. The number of nitrogens with zero attached hydrogens (tertiary/aromatic N) is 3. The van der Waals surface area contributed by atoms with E-state index < -0.39 is 0 Å². The molecule has 0 unspecified atom stereocenters. The minimum atomic E-state index is 0.0447. The van der Waals surface area contributed by atoms with Gasteiger partial charge >= 0.3 is 0 Å². The summed E-state index contributed by atoms with van der Waals surface area (Å²) in [5, 5.41) is 0. The minimum Gasteiger partial charge on any atom is -0.336 e. The van der Waals surface area contributed by atoms with E-state index in [1.165, 1.54) is 6.33 Å². The van der Waals surface area contributed by atoms with E-state index in [2.05, 4.69) is 9.97 Å². The van der Waals surface area contributed by atoms with Crippen LogP contribution < -0.4 is 0 Å². The SMILES string of the molecule is Cc1ncnc(C(=O)N2CCSCC2)c1C. The molecule has 1 aliphatic rings. The fraction of sp³-hybridized carbons (Fsp3) is 0.545. The van der Waals surface area contributed by atoms with Gasteiger partial charge < -0.3 is 4.90 Å². The number of carbonyl (C=O) groups excluding carboxylic acids is 1. The number of hydrogen-bond donors (Lipinski definition) is 0. The van der Waals surface area contributed by atoms with Crippen LogP contribution in [0.2, 0.25) is 0 Å². The summed E-state index contributed by atoms with van der Waals surface area (Å²) in [4.78, 5) is 22.3. The molecule has 0 N–H and O–H groups in total. The fourth-order valence-electron chi connectivity index (χ4n) is 1.67. The summed E-state index contributed by atoms with van der Waals surface area (Å²) >= 11 is 1.89. The number of hydrogen-bond acceptors (Lipinski definition) is 4. The van der Waals surface area contributed by atoms with Crippen LogP contribution >= 0.6 is 11.8 Å². The highest BCUT2D eigenvalue weighted by Crippen LogP contribution is 2.14. The Balaban J connectivity index is 2.22. The van der Waals surface area contributed by atoms with E-state index in [4.69, 9.17) is 0 Å². The van der Waals surface area contributed by atoms with Gasteiger partial charge in [0.2, 0.25) is 0 Å². The fourth-order valence-corrected chi connectivity index (χ4v) is 2.57. The maximum absolute atomic E-state index is 12.2. The van der Waals surface area contributed by atoms with Gasteiger partial charge in [-0.3, -0.25) is 4.79 Å². The number of aromatic nitrogens is 2. The van der Waals surface area contributed by atoms with Gasteiger partial charge in [0.15, 0.2) is 0 Å². The van der Waals surface area contributed by atoms with Crippen LogP contribution in [0.25, 0.3) is 0 Å². The van der Waals surface area contributed by atoms with Crippen LogP contribution in [0.3, 0.4) is 0 Å². The summed E-state index contributed by atoms with van der Waals surface area (Å²) < 4.78 is 0. The normalized spacial score (nSPS) is 16.2. The molecule has 0 saturated carbocycles. The Morgan fingerprint density at radius 3 is 2.69 bits per heavy atom. The predicted molar refractivity (Wildman–Crippen MR) is 64.7 cm³/mol. The first kappa shape index (κ1) is 11.4. The zero-order chi connectivity index (χ0) is 11.5. The molecule has 2 heterocycles. The van der Waals surface area contributed by atoms with Gasteiger partial charge in [-0.2, -0.15) is 11.8 Å². The van der Waals surface area contributed by atoms with Crippen molar-refractivity contribution < 1.29 is 4.79 Å². The highest BCUT2D eigenvalue weighted by atomic mass is 32.2. The molecule has 16 heavy (non-hydrogen) atoms. The molecule has 0 atom stereocenters. The molecule has 0 spiro atoms. The Morgan fingerprint density at radius 1 is 1.31 bits per heavy atom.